The van der Waals surface area contributed by atoms with Gasteiger partial charge < -0.3 is 14.2 Å². The van der Waals surface area contributed by atoms with Gasteiger partial charge in [-0.2, -0.15) is 0 Å². The van der Waals surface area contributed by atoms with Crippen molar-refractivity contribution in [1.29, 1.82) is 0 Å². The molecular formula is C31H25N3O4S. The lowest BCUT2D eigenvalue weighted by atomic mass is 9.93. The van der Waals surface area contributed by atoms with Crippen molar-refractivity contribution >= 4 is 28.8 Å². The maximum absolute atomic E-state index is 13.9. The molecule has 5 aromatic rings. The highest BCUT2D eigenvalue weighted by molar-refractivity contribution is 7.93. The van der Waals surface area contributed by atoms with Gasteiger partial charge in [0, 0.05) is 11.8 Å². The largest absolute Gasteiger partial charge is 0.587 e. The molecule has 1 aliphatic carbocycles. The van der Waals surface area contributed by atoms with Crippen LogP contribution < -0.4 is 4.31 Å². The van der Waals surface area contributed by atoms with Gasteiger partial charge in [-0.15, -0.1) is 4.31 Å². The number of aromatic nitrogens is 2. The second kappa shape index (κ2) is 10.1. The first kappa shape index (κ1) is 24.9. The van der Waals surface area contributed by atoms with Crippen LogP contribution in [0.25, 0.3) is 22.5 Å². The number of pyridine rings is 1. The van der Waals surface area contributed by atoms with Gasteiger partial charge in [0.05, 0.1) is 5.41 Å². The number of benzene rings is 3. The van der Waals surface area contributed by atoms with Gasteiger partial charge in [0.25, 0.3) is 0 Å². The first-order chi connectivity index (χ1) is 19.0. The van der Waals surface area contributed by atoms with Crippen LogP contribution in [0.3, 0.4) is 0 Å². The summed E-state index contributed by atoms with van der Waals surface area (Å²) in [6.45, 7) is 1.82. The van der Waals surface area contributed by atoms with E-state index in [0.717, 1.165) is 22.3 Å². The lowest BCUT2D eigenvalue weighted by molar-refractivity contribution is -0.140. The second-order valence-corrected chi connectivity index (χ2v) is 10.9. The molecule has 0 bridgehead atoms. The van der Waals surface area contributed by atoms with Gasteiger partial charge in [-0.05, 0) is 60.7 Å². The molecule has 1 fully saturated rings. The summed E-state index contributed by atoms with van der Waals surface area (Å²) in [4.78, 5) is 16.8. The topological polar surface area (TPSA) is 103 Å². The molecule has 0 spiro atoms. The van der Waals surface area contributed by atoms with Crippen LogP contribution in [-0.2, 0) is 21.6 Å². The molecule has 8 heteroatoms. The molecule has 3 aromatic carbocycles. The van der Waals surface area contributed by atoms with Crippen molar-refractivity contribution in [3.8, 4) is 22.5 Å². The molecule has 1 unspecified atom stereocenters. The lowest BCUT2D eigenvalue weighted by Gasteiger charge is -2.24. The number of anilines is 2. The summed E-state index contributed by atoms with van der Waals surface area (Å²) >= 11 is -1.61. The quantitative estimate of drug-likeness (QED) is 0.221. The minimum absolute atomic E-state index is 0.487. The van der Waals surface area contributed by atoms with Crippen molar-refractivity contribution in [1.82, 2.24) is 10.1 Å². The van der Waals surface area contributed by atoms with Crippen LogP contribution in [0.5, 0.6) is 0 Å². The minimum Gasteiger partial charge on any atom is -0.587 e. The van der Waals surface area contributed by atoms with Crippen LogP contribution in [0.2, 0.25) is 0 Å². The molecule has 0 amide bonds. The third-order valence-electron chi connectivity index (χ3n) is 7.08. The molecule has 194 valence electrons. The maximum atomic E-state index is 13.9. The molecule has 2 heterocycles. The molecule has 2 aromatic heterocycles. The summed E-state index contributed by atoms with van der Waals surface area (Å²) in [5, 5.41) is 13.8. The Balaban J connectivity index is 1.35. The lowest BCUT2D eigenvalue weighted by Crippen LogP contribution is -2.27. The number of aliphatic carboxylic acids is 1. The molecule has 1 aliphatic rings. The SMILES string of the molecule is Cc1noc(-c2ccc(-c3ccc(C4(C(=O)O)CC4)cc3)cc2)c1N(c1ccccn1)[S+]([O-])c1ccccc1. The van der Waals surface area contributed by atoms with Gasteiger partial charge in [0.2, 0.25) is 0 Å². The fourth-order valence-electron chi connectivity index (χ4n) is 4.74. The predicted octanol–water partition coefficient (Wildman–Crippen LogP) is 6.69. The molecule has 7 nitrogen and oxygen atoms in total. The van der Waals surface area contributed by atoms with E-state index < -0.39 is 22.7 Å². The normalized spacial score (nSPS) is 14.5. The summed E-state index contributed by atoms with van der Waals surface area (Å²) in [7, 11) is 0. The van der Waals surface area contributed by atoms with Gasteiger partial charge in [-0.1, -0.05) is 78.0 Å². The Labute approximate surface area is 229 Å². The third-order valence-corrected chi connectivity index (χ3v) is 8.46. The average molecular weight is 536 g/mol. The highest BCUT2D eigenvalue weighted by Gasteiger charge is 2.51. The van der Waals surface area contributed by atoms with Gasteiger partial charge in [-0.25, -0.2) is 4.98 Å². The Kier molecular flexibility index (Phi) is 6.42. The Hall–Kier alpha value is -4.40. The molecule has 6 rings (SSSR count). The van der Waals surface area contributed by atoms with E-state index in [2.05, 4.69) is 10.1 Å². The molecule has 0 saturated heterocycles. The zero-order valence-corrected chi connectivity index (χ0v) is 22.0. The maximum Gasteiger partial charge on any atom is 0.314 e. The molecule has 0 radical (unpaired) electrons. The Morgan fingerprint density at radius 2 is 1.51 bits per heavy atom. The summed E-state index contributed by atoms with van der Waals surface area (Å²) < 4.78 is 21.3. The summed E-state index contributed by atoms with van der Waals surface area (Å²) in [5.41, 5.74) is 4.04. The van der Waals surface area contributed by atoms with Crippen LogP contribution in [0.4, 0.5) is 11.5 Å². The number of hydrogen-bond acceptors (Lipinski definition) is 6. The Morgan fingerprint density at radius 3 is 2.10 bits per heavy atom. The predicted molar refractivity (Wildman–Crippen MR) is 150 cm³/mol. The number of aryl methyl sites for hydroxylation is 1. The minimum atomic E-state index is -1.61. The van der Waals surface area contributed by atoms with E-state index in [-0.39, 0.29) is 0 Å². The molecule has 1 saturated carbocycles. The van der Waals surface area contributed by atoms with Crippen LogP contribution in [0.15, 0.2) is 113 Å². The first-order valence-corrected chi connectivity index (χ1v) is 13.7. The molecule has 1 atom stereocenters. The van der Waals surface area contributed by atoms with Crippen LogP contribution in [0, 0.1) is 6.92 Å². The number of rotatable bonds is 8. The number of hydrogen-bond donors (Lipinski definition) is 1. The van der Waals surface area contributed by atoms with E-state index in [1.807, 2.05) is 97.9 Å². The zero-order valence-electron chi connectivity index (χ0n) is 21.2. The third kappa shape index (κ3) is 4.58. The van der Waals surface area contributed by atoms with Crippen molar-refractivity contribution in [2.75, 3.05) is 4.31 Å². The van der Waals surface area contributed by atoms with Gasteiger partial charge in [0.15, 0.2) is 22.2 Å². The fraction of sp³-hybridized carbons (Fsp3) is 0.129. The van der Waals surface area contributed by atoms with Crippen molar-refractivity contribution in [2.45, 2.75) is 30.1 Å². The van der Waals surface area contributed by atoms with E-state index in [9.17, 15) is 14.5 Å². The second-order valence-electron chi connectivity index (χ2n) is 9.53. The van der Waals surface area contributed by atoms with Crippen molar-refractivity contribution < 1.29 is 19.0 Å². The van der Waals surface area contributed by atoms with E-state index in [1.165, 1.54) is 0 Å². The molecule has 1 N–H and O–H groups in total. The van der Waals surface area contributed by atoms with Crippen LogP contribution in [-0.4, -0.2) is 25.8 Å². The first-order valence-electron chi connectivity index (χ1n) is 12.6. The van der Waals surface area contributed by atoms with Crippen molar-refractivity contribution in [3.05, 3.63) is 115 Å². The van der Waals surface area contributed by atoms with E-state index in [4.69, 9.17) is 4.52 Å². The standard InChI is InChI=1S/C31H25N3O4S/c1-21-28(34(27-9-5-6-20-32-27)39(37)26-7-3-2-4-8-26)29(38-33-21)24-12-10-22(11-13-24)23-14-16-25(17-15-23)31(18-19-31)30(35)36/h2-17,20H,18-19H2,1H3,(H,35,36). The number of carbonyl (C=O) groups is 1. The number of carboxylic acid groups (broad SMARTS) is 1. The molecular weight excluding hydrogens is 510 g/mol. The zero-order chi connectivity index (χ0) is 27.0. The van der Waals surface area contributed by atoms with E-state index in [1.54, 1.807) is 16.6 Å². The molecule has 0 aliphatic heterocycles. The Morgan fingerprint density at radius 1 is 0.897 bits per heavy atom. The average Bonchev–Trinajstić information content (AvgIpc) is 3.72. The van der Waals surface area contributed by atoms with E-state index >= 15 is 0 Å². The smallest absolute Gasteiger partial charge is 0.314 e. The van der Waals surface area contributed by atoms with Crippen LogP contribution in [0.1, 0.15) is 24.1 Å². The number of carboxylic acids is 1. The monoisotopic (exact) mass is 535 g/mol. The van der Waals surface area contributed by atoms with Gasteiger partial charge in [0.1, 0.15) is 17.1 Å². The highest BCUT2D eigenvalue weighted by Crippen LogP contribution is 2.48. The van der Waals surface area contributed by atoms with Gasteiger partial charge >= 0.3 is 5.97 Å². The fourth-order valence-corrected chi connectivity index (χ4v) is 6.00. The van der Waals surface area contributed by atoms with Crippen LogP contribution >= 0.6 is 0 Å². The van der Waals surface area contributed by atoms with Crippen molar-refractivity contribution in [2.24, 2.45) is 0 Å². The summed E-state index contributed by atoms with van der Waals surface area (Å²) in [6, 6.07) is 30.3. The number of nitrogens with zero attached hydrogens (tertiary/aromatic N) is 3. The summed E-state index contributed by atoms with van der Waals surface area (Å²) in [6.07, 6.45) is 3.02. The summed E-state index contributed by atoms with van der Waals surface area (Å²) in [5.74, 6) is 0.242. The highest BCUT2D eigenvalue weighted by atomic mass is 32.2. The van der Waals surface area contributed by atoms with Crippen molar-refractivity contribution in [3.63, 3.8) is 0 Å². The Bertz CT molecular complexity index is 1600. The van der Waals surface area contributed by atoms with E-state index in [0.29, 0.717) is 40.7 Å². The van der Waals surface area contributed by atoms with Gasteiger partial charge in [-0.3, -0.25) is 4.79 Å². The molecule has 39 heavy (non-hydrogen) atoms.